The summed E-state index contributed by atoms with van der Waals surface area (Å²) >= 11 is 6.17. The van der Waals surface area contributed by atoms with Gasteiger partial charge in [-0.3, -0.25) is 9.59 Å². The van der Waals surface area contributed by atoms with Gasteiger partial charge in [0.25, 0.3) is 11.8 Å². The number of amides is 2. The first kappa shape index (κ1) is 19.4. The lowest BCUT2D eigenvalue weighted by molar-refractivity contribution is -0.894. The van der Waals surface area contributed by atoms with Crippen LogP contribution in [0.3, 0.4) is 0 Å². The number of rotatable bonds is 7. The summed E-state index contributed by atoms with van der Waals surface area (Å²) in [6.07, 6.45) is 2.09. The molecule has 1 aliphatic carbocycles. The van der Waals surface area contributed by atoms with Gasteiger partial charge in [-0.1, -0.05) is 48.0 Å². The molecule has 142 valence electrons. The van der Waals surface area contributed by atoms with Crippen LogP contribution in [0.1, 0.15) is 30.0 Å². The maximum Gasteiger partial charge on any atom is 0.287 e. The average Bonchev–Trinajstić information content (AvgIpc) is 3.43. The molecular weight excluding hydrogens is 362 g/mol. The summed E-state index contributed by atoms with van der Waals surface area (Å²) in [7, 11) is 1.87. The molecule has 6 heteroatoms. The lowest BCUT2D eigenvalue weighted by Gasteiger charge is -2.24. The van der Waals surface area contributed by atoms with E-state index in [4.69, 9.17) is 11.6 Å². The normalized spacial score (nSPS) is 15.7. The van der Waals surface area contributed by atoms with Gasteiger partial charge < -0.3 is 15.5 Å². The van der Waals surface area contributed by atoms with E-state index in [0.29, 0.717) is 16.8 Å². The van der Waals surface area contributed by atoms with Gasteiger partial charge in [0.2, 0.25) is 0 Å². The van der Waals surface area contributed by atoms with Crippen molar-refractivity contribution in [2.75, 3.05) is 18.9 Å². The minimum Gasteiger partial charge on any atom is -0.348 e. The van der Waals surface area contributed by atoms with Crippen LogP contribution in [0.15, 0.2) is 48.5 Å². The Hall–Kier alpha value is -2.37. The van der Waals surface area contributed by atoms with Gasteiger partial charge in [-0.15, -0.1) is 0 Å². The Labute approximate surface area is 164 Å². The Balaban J connectivity index is 1.76. The number of hydrogen-bond donors (Lipinski definition) is 3. The van der Waals surface area contributed by atoms with Gasteiger partial charge in [0.05, 0.1) is 7.05 Å². The first-order valence-electron chi connectivity index (χ1n) is 9.17. The molecule has 5 nitrogen and oxygen atoms in total. The molecule has 1 fully saturated rings. The molecule has 2 amide bonds. The van der Waals surface area contributed by atoms with Crippen LogP contribution in [0.2, 0.25) is 5.02 Å². The Kier molecular flexibility index (Phi) is 6.14. The second kappa shape index (κ2) is 8.55. The predicted molar refractivity (Wildman–Crippen MR) is 107 cm³/mol. The molecule has 1 saturated carbocycles. The van der Waals surface area contributed by atoms with E-state index in [0.717, 1.165) is 28.9 Å². The third kappa shape index (κ3) is 5.31. The third-order valence-corrected chi connectivity index (χ3v) is 5.12. The van der Waals surface area contributed by atoms with Gasteiger partial charge in [-0.2, -0.15) is 0 Å². The summed E-state index contributed by atoms with van der Waals surface area (Å²) < 4.78 is 0. The molecule has 3 N–H and O–H groups in total. The number of nitrogens with one attached hydrogen (secondary N) is 3. The molecule has 0 spiro atoms. The molecule has 1 aliphatic rings. The van der Waals surface area contributed by atoms with Crippen molar-refractivity contribution >= 4 is 29.1 Å². The number of carbonyl (C=O) groups excluding carboxylic acids is 2. The lowest BCUT2D eigenvalue weighted by atomic mass is 10.0. The van der Waals surface area contributed by atoms with Crippen LogP contribution in [0.25, 0.3) is 0 Å². The number of anilines is 1. The number of likely N-dealkylation sites (N-methyl/N-ethyl adjacent to an activating group) is 1. The van der Waals surface area contributed by atoms with Crippen molar-refractivity contribution in [3.63, 3.8) is 0 Å². The van der Waals surface area contributed by atoms with Crippen molar-refractivity contribution in [3.05, 3.63) is 64.7 Å². The van der Waals surface area contributed by atoms with Gasteiger partial charge in [-0.05, 0) is 37.5 Å². The van der Waals surface area contributed by atoms with Gasteiger partial charge in [0.1, 0.15) is 0 Å². The summed E-state index contributed by atoms with van der Waals surface area (Å²) in [6, 6.07) is 14.8. The van der Waals surface area contributed by atoms with E-state index in [-0.39, 0.29) is 18.4 Å². The fourth-order valence-electron chi connectivity index (χ4n) is 3.05. The first-order chi connectivity index (χ1) is 12.9. The fraction of sp³-hybridized carbons (Fsp3) is 0.333. The zero-order valence-electron chi connectivity index (χ0n) is 15.6. The molecule has 3 rings (SSSR count). The van der Waals surface area contributed by atoms with Crippen molar-refractivity contribution in [1.82, 2.24) is 5.32 Å². The van der Waals surface area contributed by atoms with E-state index in [1.54, 1.807) is 6.07 Å². The van der Waals surface area contributed by atoms with Gasteiger partial charge in [-0.25, -0.2) is 0 Å². The zero-order valence-corrected chi connectivity index (χ0v) is 16.3. The monoisotopic (exact) mass is 386 g/mol. The molecule has 2 aromatic carbocycles. The maximum absolute atomic E-state index is 13.1. The summed E-state index contributed by atoms with van der Waals surface area (Å²) in [5.74, 6) is -0.194. The highest BCUT2D eigenvalue weighted by atomic mass is 35.5. The Morgan fingerprint density at radius 3 is 2.52 bits per heavy atom. The zero-order chi connectivity index (χ0) is 19.4. The third-order valence-electron chi connectivity index (χ3n) is 4.71. The summed E-state index contributed by atoms with van der Waals surface area (Å²) in [6.45, 7) is 2.15. The van der Waals surface area contributed by atoms with Crippen molar-refractivity contribution in [3.8, 4) is 0 Å². The number of aryl methyl sites for hydroxylation is 1. The highest BCUT2D eigenvalue weighted by molar-refractivity contribution is 6.31. The fourth-order valence-corrected chi connectivity index (χ4v) is 3.23. The Morgan fingerprint density at radius 2 is 1.89 bits per heavy atom. The molecule has 0 saturated heterocycles. The second-order valence-corrected chi connectivity index (χ2v) is 7.57. The van der Waals surface area contributed by atoms with Gasteiger partial charge >= 0.3 is 0 Å². The standard InChI is InChI=1S/C21H24ClN3O2/c1-14-8-9-17(12-18(14)22)24-21(27)20(15-6-4-3-5-7-15)25(2)13-19(26)23-16-10-11-16/h3-9,12,16,20H,10-11,13H2,1-2H3,(H,23,26)(H,24,27)/p+1/t20-/m0/s1. The molecule has 27 heavy (non-hydrogen) atoms. The van der Waals surface area contributed by atoms with E-state index in [1.807, 2.05) is 56.4 Å². The van der Waals surface area contributed by atoms with E-state index in [1.165, 1.54) is 0 Å². The topological polar surface area (TPSA) is 62.6 Å². The highest BCUT2D eigenvalue weighted by Gasteiger charge is 2.32. The Bertz CT molecular complexity index is 821. The minimum atomic E-state index is -0.503. The van der Waals surface area contributed by atoms with Crippen LogP contribution in [0, 0.1) is 6.92 Å². The van der Waals surface area contributed by atoms with Crippen LogP contribution < -0.4 is 15.5 Å². The summed E-state index contributed by atoms with van der Waals surface area (Å²) in [5, 5.41) is 6.53. The van der Waals surface area contributed by atoms with Gasteiger partial charge in [0.15, 0.2) is 12.6 Å². The van der Waals surface area contributed by atoms with E-state index < -0.39 is 6.04 Å². The van der Waals surface area contributed by atoms with Crippen LogP contribution in [0.5, 0.6) is 0 Å². The van der Waals surface area contributed by atoms with Crippen molar-refractivity contribution in [1.29, 1.82) is 0 Å². The maximum atomic E-state index is 13.1. The van der Waals surface area contributed by atoms with Gasteiger partial charge in [0, 0.05) is 22.3 Å². The van der Waals surface area contributed by atoms with Crippen molar-refractivity contribution in [2.24, 2.45) is 0 Å². The van der Waals surface area contributed by atoms with Crippen LogP contribution in [-0.2, 0) is 9.59 Å². The quantitative estimate of drug-likeness (QED) is 0.682. The summed E-state index contributed by atoms with van der Waals surface area (Å²) in [5.41, 5.74) is 2.46. The second-order valence-electron chi connectivity index (χ2n) is 7.16. The predicted octanol–water partition coefficient (Wildman–Crippen LogP) is 2.12. The molecule has 1 unspecified atom stereocenters. The largest absolute Gasteiger partial charge is 0.348 e. The smallest absolute Gasteiger partial charge is 0.287 e. The molecule has 0 heterocycles. The number of benzene rings is 2. The molecular formula is C21H25ClN3O2+. The number of hydrogen-bond acceptors (Lipinski definition) is 2. The molecule has 0 radical (unpaired) electrons. The first-order valence-corrected chi connectivity index (χ1v) is 9.55. The van der Waals surface area contributed by atoms with Crippen molar-refractivity contribution in [2.45, 2.75) is 31.8 Å². The lowest BCUT2D eigenvalue weighted by Crippen LogP contribution is -3.11. The number of quaternary nitrogens is 1. The Morgan fingerprint density at radius 1 is 1.19 bits per heavy atom. The van der Waals surface area contributed by atoms with E-state index >= 15 is 0 Å². The van der Waals surface area contributed by atoms with E-state index in [9.17, 15) is 9.59 Å². The minimum absolute atomic E-state index is 0.0258. The van der Waals surface area contributed by atoms with E-state index in [2.05, 4.69) is 10.6 Å². The SMILES string of the molecule is Cc1ccc(NC(=O)[C@H](c2ccccc2)[NH+](C)CC(=O)NC2CC2)cc1Cl. The molecule has 2 aromatic rings. The van der Waals surface area contributed by atoms with Crippen LogP contribution >= 0.6 is 11.6 Å². The molecule has 2 atom stereocenters. The molecule has 0 aromatic heterocycles. The highest BCUT2D eigenvalue weighted by Crippen LogP contribution is 2.21. The number of carbonyl (C=O) groups is 2. The summed E-state index contributed by atoms with van der Waals surface area (Å²) in [4.78, 5) is 26.1. The van der Waals surface area contributed by atoms with Crippen LogP contribution in [-0.4, -0.2) is 31.4 Å². The van der Waals surface area contributed by atoms with Crippen molar-refractivity contribution < 1.29 is 14.5 Å². The molecule has 0 aliphatic heterocycles. The number of halogens is 1. The van der Waals surface area contributed by atoms with Crippen LogP contribution in [0.4, 0.5) is 5.69 Å². The average molecular weight is 387 g/mol. The molecule has 0 bridgehead atoms.